The first-order valence-corrected chi connectivity index (χ1v) is 12.2. The highest BCUT2D eigenvalue weighted by Gasteiger charge is 2.38. The molecule has 0 saturated carbocycles. The molecule has 0 saturated heterocycles. The van der Waals surface area contributed by atoms with Crippen molar-refractivity contribution in [3.8, 4) is 17.2 Å². The molecule has 2 unspecified atom stereocenters. The van der Waals surface area contributed by atoms with Gasteiger partial charge in [0.15, 0.2) is 5.78 Å². The van der Waals surface area contributed by atoms with Gasteiger partial charge < -0.3 is 14.8 Å². The van der Waals surface area contributed by atoms with Crippen LogP contribution in [0.1, 0.15) is 55.6 Å². The van der Waals surface area contributed by atoms with Crippen molar-refractivity contribution < 1.29 is 19.1 Å². The standard InChI is InChI=1S/C30H29NO4/c1-2-15-34-23-13-11-20(12-14-23)22-17-27-30(28(32)18-22)26(19-29(33)31-27)21-7-6-10-25(16-21)35-24-8-4-3-5-9-24/h3-14,16,22,26H,2,15,17-19H2,1H3,(H,31,33). The lowest BCUT2D eigenvalue weighted by Gasteiger charge is -2.34. The van der Waals surface area contributed by atoms with E-state index in [1.165, 1.54) is 0 Å². The van der Waals surface area contributed by atoms with Gasteiger partial charge in [0, 0.05) is 30.0 Å². The smallest absolute Gasteiger partial charge is 0.225 e. The zero-order valence-electron chi connectivity index (χ0n) is 19.8. The summed E-state index contributed by atoms with van der Waals surface area (Å²) in [7, 11) is 0. The van der Waals surface area contributed by atoms with Gasteiger partial charge in [-0.3, -0.25) is 9.59 Å². The first kappa shape index (κ1) is 22.9. The summed E-state index contributed by atoms with van der Waals surface area (Å²) in [5.74, 6) is 2.08. The number of benzene rings is 3. The van der Waals surface area contributed by atoms with Gasteiger partial charge in [0.25, 0.3) is 0 Å². The molecule has 3 aromatic rings. The van der Waals surface area contributed by atoms with Crippen molar-refractivity contribution in [3.05, 3.63) is 101 Å². The van der Waals surface area contributed by atoms with E-state index in [4.69, 9.17) is 9.47 Å². The molecule has 1 amide bonds. The van der Waals surface area contributed by atoms with Gasteiger partial charge in [-0.1, -0.05) is 49.4 Å². The first-order valence-electron chi connectivity index (χ1n) is 12.2. The summed E-state index contributed by atoms with van der Waals surface area (Å²) < 4.78 is 11.7. The van der Waals surface area contributed by atoms with Crippen molar-refractivity contribution in [2.45, 2.75) is 44.4 Å². The van der Waals surface area contributed by atoms with Crippen LogP contribution >= 0.6 is 0 Å². The Labute approximate surface area is 205 Å². The van der Waals surface area contributed by atoms with Crippen LogP contribution in [0.25, 0.3) is 0 Å². The van der Waals surface area contributed by atoms with E-state index in [1.807, 2.05) is 78.9 Å². The van der Waals surface area contributed by atoms with Gasteiger partial charge in [0.05, 0.1) is 6.61 Å². The van der Waals surface area contributed by atoms with Crippen LogP contribution in [0.2, 0.25) is 0 Å². The van der Waals surface area contributed by atoms with Crippen molar-refractivity contribution in [3.63, 3.8) is 0 Å². The molecule has 1 N–H and O–H groups in total. The van der Waals surface area contributed by atoms with E-state index in [9.17, 15) is 9.59 Å². The number of hydrogen-bond acceptors (Lipinski definition) is 4. The lowest BCUT2D eigenvalue weighted by molar-refractivity contribution is -0.122. The molecule has 35 heavy (non-hydrogen) atoms. The maximum atomic E-state index is 13.4. The summed E-state index contributed by atoms with van der Waals surface area (Å²) in [5.41, 5.74) is 3.50. The fourth-order valence-electron chi connectivity index (χ4n) is 4.96. The van der Waals surface area contributed by atoms with E-state index < -0.39 is 0 Å². The minimum atomic E-state index is -0.267. The monoisotopic (exact) mass is 467 g/mol. The summed E-state index contributed by atoms with van der Waals surface area (Å²) in [6, 6.07) is 25.3. The summed E-state index contributed by atoms with van der Waals surface area (Å²) in [6.45, 7) is 2.76. The average Bonchev–Trinajstić information content (AvgIpc) is 2.88. The molecule has 0 bridgehead atoms. The minimum absolute atomic E-state index is 0.0354. The second-order valence-electron chi connectivity index (χ2n) is 9.13. The van der Waals surface area contributed by atoms with E-state index in [-0.39, 0.29) is 29.9 Å². The SMILES string of the molecule is CCCOc1ccc(C2CC(=O)C3=C(C2)NC(=O)CC3c2cccc(Oc3ccccc3)c2)cc1. The summed E-state index contributed by atoms with van der Waals surface area (Å²) >= 11 is 0. The van der Waals surface area contributed by atoms with E-state index in [2.05, 4.69) is 12.2 Å². The van der Waals surface area contributed by atoms with Crippen LogP contribution in [-0.4, -0.2) is 18.3 Å². The van der Waals surface area contributed by atoms with Crippen molar-refractivity contribution >= 4 is 11.7 Å². The molecule has 0 radical (unpaired) electrons. The fourth-order valence-corrected chi connectivity index (χ4v) is 4.96. The van der Waals surface area contributed by atoms with Crippen molar-refractivity contribution in [1.29, 1.82) is 0 Å². The van der Waals surface area contributed by atoms with Crippen molar-refractivity contribution in [2.24, 2.45) is 0 Å². The van der Waals surface area contributed by atoms with Crippen molar-refractivity contribution in [1.82, 2.24) is 5.32 Å². The minimum Gasteiger partial charge on any atom is -0.494 e. The molecule has 1 heterocycles. The fraction of sp³-hybridized carbons (Fsp3) is 0.267. The molecule has 2 atom stereocenters. The molecule has 5 nitrogen and oxygen atoms in total. The van der Waals surface area contributed by atoms with Gasteiger partial charge in [-0.2, -0.15) is 0 Å². The molecule has 0 spiro atoms. The quantitative estimate of drug-likeness (QED) is 0.445. The third-order valence-corrected chi connectivity index (χ3v) is 6.60. The third kappa shape index (κ3) is 5.14. The number of nitrogens with one attached hydrogen (secondary N) is 1. The number of ether oxygens (including phenoxy) is 2. The van der Waals surface area contributed by atoms with E-state index in [0.717, 1.165) is 40.3 Å². The highest BCUT2D eigenvalue weighted by Crippen LogP contribution is 2.43. The van der Waals surface area contributed by atoms with Crippen LogP contribution < -0.4 is 14.8 Å². The number of Topliss-reactive ketones (excluding diaryl/α,β-unsaturated/α-hetero) is 1. The van der Waals surface area contributed by atoms with Gasteiger partial charge >= 0.3 is 0 Å². The second-order valence-corrected chi connectivity index (χ2v) is 9.13. The molecular weight excluding hydrogens is 438 g/mol. The van der Waals surface area contributed by atoms with Crippen LogP contribution in [0, 0.1) is 0 Å². The van der Waals surface area contributed by atoms with Crippen LogP contribution in [0.5, 0.6) is 17.2 Å². The lowest BCUT2D eigenvalue weighted by atomic mass is 9.73. The highest BCUT2D eigenvalue weighted by atomic mass is 16.5. The second kappa shape index (κ2) is 10.2. The molecule has 3 aromatic carbocycles. The number of amides is 1. The predicted octanol–water partition coefficient (Wildman–Crippen LogP) is 6.27. The van der Waals surface area contributed by atoms with Crippen LogP contribution in [0.15, 0.2) is 90.1 Å². The van der Waals surface area contributed by atoms with Crippen LogP contribution in [0.4, 0.5) is 0 Å². The molecule has 1 aliphatic carbocycles. The normalized spacial score (nSPS) is 19.7. The number of para-hydroxylation sites is 1. The number of carbonyl (C=O) groups excluding carboxylic acids is 2. The Hall–Kier alpha value is -3.86. The zero-order valence-corrected chi connectivity index (χ0v) is 19.8. The number of ketones is 1. The maximum absolute atomic E-state index is 13.4. The number of carbonyl (C=O) groups is 2. The van der Waals surface area contributed by atoms with E-state index >= 15 is 0 Å². The average molecular weight is 468 g/mol. The van der Waals surface area contributed by atoms with E-state index in [0.29, 0.717) is 25.2 Å². The molecule has 5 rings (SSSR count). The Morgan fingerprint density at radius 1 is 0.800 bits per heavy atom. The summed E-state index contributed by atoms with van der Waals surface area (Å²) in [4.78, 5) is 26.1. The van der Waals surface area contributed by atoms with Gasteiger partial charge in [-0.15, -0.1) is 0 Å². The number of allylic oxidation sites excluding steroid dienone is 2. The Bertz CT molecular complexity index is 1250. The largest absolute Gasteiger partial charge is 0.494 e. The Morgan fingerprint density at radius 3 is 2.34 bits per heavy atom. The third-order valence-electron chi connectivity index (χ3n) is 6.60. The molecule has 178 valence electrons. The Morgan fingerprint density at radius 2 is 1.57 bits per heavy atom. The Kier molecular flexibility index (Phi) is 6.66. The van der Waals surface area contributed by atoms with E-state index in [1.54, 1.807) is 0 Å². The van der Waals surface area contributed by atoms with Gasteiger partial charge in [-0.05, 0) is 66.3 Å². The maximum Gasteiger partial charge on any atom is 0.225 e. The molecule has 2 aliphatic rings. The van der Waals surface area contributed by atoms with Gasteiger partial charge in [-0.25, -0.2) is 0 Å². The summed E-state index contributed by atoms with van der Waals surface area (Å²) in [6.07, 6.45) is 2.28. The highest BCUT2D eigenvalue weighted by molar-refractivity contribution is 6.02. The van der Waals surface area contributed by atoms with Gasteiger partial charge in [0.2, 0.25) is 5.91 Å². The molecule has 1 aliphatic heterocycles. The Balaban J connectivity index is 1.39. The first-order chi connectivity index (χ1) is 17.1. The lowest BCUT2D eigenvalue weighted by Crippen LogP contribution is -2.38. The number of hydrogen-bond donors (Lipinski definition) is 1. The predicted molar refractivity (Wildman–Crippen MR) is 135 cm³/mol. The van der Waals surface area contributed by atoms with Crippen LogP contribution in [0.3, 0.4) is 0 Å². The topological polar surface area (TPSA) is 64.6 Å². The molecule has 0 aromatic heterocycles. The van der Waals surface area contributed by atoms with Crippen molar-refractivity contribution in [2.75, 3.05) is 6.61 Å². The summed E-state index contributed by atoms with van der Waals surface area (Å²) in [5, 5.41) is 3.01. The zero-order chi connectivity index (χ0) is 24.2. The van der Waals surface area contributed by atoms with Crippen LogP contribution in [-0.2, 0) is 9.59 Å². The molecule has 5 heteroatoms. The molecule has 0 fully saturated rings. The number of rotatable bonds is 7. The molecular formula is C30H29NO4. The van der Waals surface area contributed by atoms with Gasteiger partial charge in [0.1, 0.15) is 17.2 Å².